The summed E-state index contributed by atoms with van der Waals surface area (Å²) in [6.07, 6.45) is 1.85. The highest BCUT2D eigenvalue weighted by Gasteiger charge is 2.28. The van der Waals surface area contributed by atoms with Gasteiger partial charge in [0.05, 0.1) is 0 Å². The van der Waals surface area contributed by atoms with Crippen LogP contribution in [0, 0.1) is 5.92 Å². The number of nitrogens with one attached hydrogen (secondary N) is 3. The predicted octanol–water partition coefficient (Wildman–Crippen LogP) is 4.68. The minimum absolute atomic E-state index is 0.213. The van der Waals surface area contributed by atoms with E-state index in [0.29, 0.717) is 18.7 Å². The minimum atomic E-state index is -0.628. The third-order valence-corrected chi connectivity index (χ3v) is 4.73. The van der Waals surface area contributed by atoms with E-state index in [0.717, 1.165) is 24.9 Å². The summed E-state index contributed by atoms with van der Waals surface area (Å²) in [5.74, 6) is 0.627. The molecule has 0 radical (unpaired) electrons. The summed E-state index contributed by atoms with van der Waals surface area (Å²) in [5, 5.41) is 8.89. The molecule has 1 heterocycles. The van der Waals surface area contributed by atoms with E-state index in [4.69, 9.17) is 9.15 Å². The minimum Gasteiger partial charge on any atom is -0.444 e. The van der Waals surface area contributed by atoms with Crippen molar-refractivity contribution in [2.24, 2.45) is 5.92 Å². The molecule has 1 aromatic heterocycles. The van der Waals surface area contributed by atoms with Crippen LogP contribution < -0.4 is 16.0 Å². The molecule has 3 N–H and O–H groups in total. The number of hydrogen-bond acceptors (Lipinski definition) is 6. The van der Waals surface area contributed by atoms with Crippen LogP contribution in [0.5, 0.6) is 0 Å². The number of alkyl carbamates (subject to hydrolysis) is 1. The van der Waals surface area contributed by atoms with Crippen LogP contribution in [-0.2, 0) is 4.74 Å². The third-order valence-electron chi connectivity index (χ3n) is 4.73. The largest absolute Gasteiger partial charge is 0.444 e. The Morgan fingerprint density at radius 3 is 2.36 bits per heavy atom. The first-order chi connectivity index (χ1) is 15.6. The van der Waals surface area contributed by atoms with Crippen molar-refractivity contribution in [3.05, 3.63) is 41.9 Å². The van der Waals surface area contributed by atoms with Gasteiger partial charge < -0.3 is 25.1 Å². The van der Waals surface area contributed by atoms with Crippen molar-refractivity contribution in [3.8, 4) is 11.3 Å². The van der Waals surface area contributed by atoms with Crippen molar-refractivity contribution in [1.29, 1.82) is 0 Å². The molecule has 0 aliphatic carbocycles. The Labute approximate surface area is 196 Å². The molecule has 2 rings (SSSR count). The normalized spacial score (nSPS) is 12.5. The number of ether oxygens (including phenoxy) is 1. The fourth-order valence-electron chi connectivity index (χ4n) is 3.28. The second-order valence-corrected chi connectivity index (χ2v) is 9.49. The molecule has 0 saturated heterocycles. The van der Waals surface area contributed by atoms with Crippen LogP contribution in [0.15, 0.2) is 34.7 Å². The number of rotatable bonds is 11. The van der Waals surface area contributed by atoms with Gasteiger partial charge in [0.1, 0.15) is 11.6 Å². The molecule has 0 unspecified atom stereocenters. The standard InChI is InChI=1S/C25H38N4O4/c1-17(2)16-19(28-24(31)33-25(3,4)5)23-29-20(22(30)27-15-11-10-14-26-6)21(32-23)18-12-8-7-9-13-18/h7-9,12-13,17,19,26H,10-11,14-16H2,1-6H3,(H,27,30)(H,28,31)/t19-/m0/s1. The van der Waals surface area contributed by atoms with E-state index in [-0.39, 0.29) is 23.4 Å². The molecule has 0 fully saturated rings. The zero-order valence-corrected chi connectivity index (χ0v) is 20.7. The van der Waals surface area contributed by atoms with Gasteiger partial charge in [-0.05, 0) is 59.5 Å². The first-order valence-electron chi connectivity index (χ1n) is 11.6. The van der Waals surface area contributed by atoms with Crippen LogP contribution in [0.2, 0.25) is 0 Å². The summed E-state index contributed by atoms with van der Waals surface area (Å²) in [7, 11) is 1.90. The van der Waals surface area contributed by atoms with Gasteiger partial charge in [0.25, 0.3) is 5.91 Å². The lowest BCUT2D eigenvalue weighted by atomic mass is 10.0. The highest BCUT2D eigenvalue weighted by atomic mass is 16.6. The molecule has 0 spiro atoms. The lowest BCUT2D eigenvalue weighted by Crippen LogP contribution is -2.35. The van der Waals surface area contributed by atoms with E-state index in [1.165, 1.54) is 0 Å². The van der Waals surface area contributed by atoms with E-state index >= 15 is 0 Å². The molecule has 0 saturated carbocycles. The molecule has 1 atom stereocenters. The van der Waals surface area contributed by atoms with Gasteiger partial charge in [-0.1, -0.05) is 44.2 Å². The van der Waals surface area contributed by atoms with E-state index in [2.05, 4.69) is 20.9 Å². The van der Waals surface area contributed by atoms with Gasteiger partial charge in [-0.3, -0.25) is 4.79 Å². The van der Waals surface area contributed by atoms with E-state index in [9.17, 15) is 9.59 Å². The molecule has 33 heavy (non-hydrogen) atoms. The molecular weight excluding hydrogens is 420 g/mol. The average Bonchev–Trinajstić information content (AvgIpc) is 3.17. The molecule has 0 bridgehead atoms. The fourth-order valence-corrected chi connectivity index (χ4v) is 3.28. The van der Waals surface area contributed by atoms with Gasteiger partial charge in [-0.2, -0.15) is 0 Å². The smallest absolute Gasteiger partial charge is 0.408 e. The van der Waals surface area contributed by atoms with Crippen molar-refractivity contribution in [2.75, 3.05) is 20.1 Å². The maximum absolute atomic E-state index is 13.0. The summed E-state index contributed by atoms with van der Waals surface area (Å²) in [5.41, 5.74) is 0.332. The van der Waals surface area contributed by atoms with Gasteiger partial charge in [0.2, 0.25) is 5.89 Å². The number of carbonyl (C=O) groups is 2. The Balaban J connectivity index is 2.32. The van der Waals surface area contributed by atoms with E-state index in [1.54, 1.807) is 0 Å². The number of oxazole rings is 1. The van der Waals surface area contributed by atoms with Crippen LogP contribution in [-0.4, -0.2) is 42.7 Å². The zero-order chi connectivity index (χ0) is 24.4. The number of nitrogens with zero attached hydrogens (tertiary/aromatic N) is 1. The van der Waals surface area contributed by atoms with Gasteiger partial charge in [0, 0.05) is 12.1 Å². The highest BCUT2D eigenvalue weighted by Crippen LogP contribution is 2.30. The number of carbonyl (C=O) groups excluding carboxylic acids is 2. The molecule has 0 aliphatic rings. The molecule has 182 valence electrons. The van der Waals surface area contributed by atoms with Gasteiger partial charge >= 0.3 is 6.09 Å². The number of amides is 2. The number of unbranched alkanes of at least 4 members (excludes halogenated alkanes) is 1. The van der Waals surface area contributed by atoms with Crippen LogP contribution in [0.1, 0.15) is 76.3 Å². The van der Waals surface area contributed by atoms with Crippen molar-refractivity contribution in [2.45, 2.75) is 65.5 Å². The molecule has 0 aliphatic heterocycles. The molecular formula is C25H38N4O4. The van der Waals surface area contributed by atoms with E-state index in [1.807, 2.05) is 72.0 Å². The predicted molar refractivity (Wildman–Crippen MR) is 129 cm³/mol. The first-order valence-corrected chi connectivity index (χ1v) is 11.6. The molecule has 8 nitrogen and oxygen atoms in total. The SMILES string of the molecule is CNCCCCNC(=O)c1nc([C@H](CC(C)C)NC(=O)OC(C)(C)C)oc1-c1ccccc1. The molecule has 1 aromatic carbocycles. The van der Waals surface area contributed by atoms with Gasteiger partial charge in [0.15, 0.2) is 11.5 Å². The number of aromatic nitrogens is 1. The Kier molecular flexibility index (Phi) is 9.91. The summed E-state index contributed by atoms with van der Waals surface area (Å²) >= 11 is 0. The number of hydrogen-bond donors (Lipinski definition) is 3. The third kappa shape index (κ3) is 8.88. The highest BCUT2D eigenvalue weighted by molar-refractivity contribution is 5.97. The summed E-state index contributed by atoms with van der Waals surface area (Å²) in [6, 6.07) is 8.86. The zero-order valence-electron chi connectivity index (χ0n) is 20.7. The second kappa shape index (κ2) is 12.4. The van der Waals surface area contributed by atoms with Crippen molar-refractivity contribution in [1.82, 2.24) is 20.9 Å². The van der Waals surface area contributed by atoms with Crippen molar-refractivity contribution < 1.29 is 18.7 Å². The topological polar surface area (TPSA) is 105 Å². The molecule has 2 amide bonds. The Hall–Kier alpha value is -2.87. The van der Waals surface area contributed by atoms with Gasteiger partial charge in [-0.25, -0.2) is 9.78 Å². The Morgan fingerprint density at radius 2 is 1.76 bits per heavy atom. The van der Waals surface area contributed by atoms with Crippen LogP contribution in [0.3, 0.4) is 0 Å². The lowest BCUT2D eigenvalue weighted by Gasteiger charge is -2.23. The number of benzene rings is 1. The van der Waals surface area contributed by atoms with Crippen LogP contribution in [0.25, 0.3) is 11.3 Å². The maximum atomic E-state index is 13.0. The summed E-state index contributed by atoms with van der Waals surface area (Å²) in [4.78, 5) is 30.0. The molecule has 8 heteroatoms. The van der Waals surface area contributed by atoms with Crippen LogP contribution >= 0.6 is 0 Å². The van der Waals surface area contributed by atoms with Crippen molar-refractivity contribution >= 4 is 12.0 Å². The fraction of sp³-hybridized carbons (Fsp3) is 0.560. The van der Waals surface area contributed by atoms with Crippen molar-refractivity contribution in [3.63, 3.8) is 0 Å². The summed E-state index contributed by atoms with van der Waals surface area (Å²) < 4.78 is 11.5. The monoisotopic (exact) mass is 458 g/mol. The quantitative estimate of drug-likeness (QED) is 0.422. The lowest BCUT2D eigenvalue weighted by molar-refractivity contribution is 0.0489. The summed E-state index contributed by atoms with van der Waals surface area (Å²) in [6.45, 7) is 11.0. The average molecular weight is 459 g/mol. The first kappa shape index (κ1) is 26.4. The Bertz CT molecular complexity index is 888. The second-order valence-electron chi connectivity index (χ2n) is 9.49. The van der Waals surface area contributed by atoms with Crippen LogP contribution in [0.4, 0.5) is 4.79 Å². The molecule has 2 aromatic rings. The van der Waals surface area contributed by atoms with Gasteiger partial charge in [-0.15, -0.1) is 0 Å². The Morgan fingerprint density at radius 1 is 1.09 bits per heavy atom. The van der Waals surface area contributed by atoms with E-state index < -0.39 is 17.7 Å². The maximum Gasteiger partial charge on any atom is 0.408 e.